The summed E-state index contributed by atoms with van der Waals surface area (Å²) in [5, 5.41) is 6.92. The van der Waals surface area contributed by atoms with Crippen molar-refractivity contribution in [2.75, 3.05) is 59.0 Å². The number of rotatable bonds is 8. The van der Waals surface area contributed by atoms with Gasteiger partial charge in [0, 0.05) is 45.8 Å². The van der Waals surface area contributed by atoms with Gasteiger partial charge in [0.05, 0.1) is 19.8 Å². The zero-order valence-corrected chi connectivity index (χ0v) is 18.3. The Morgan fingerprint density at radius 1 is 1.10 bits per heavy atom. The maximum Gasteiger partial charge on any atom is 0.191 e. The van der Waals surface area contributed by atoms with Crippen LogP contribution in [-0.4, -0.2) is 74.8 Å². The van der Waals surface area contributed by atoms with Crippen LogP contribution in [0.3, 0.4) is 0 Å². The van der Waals surface area contributed by atoms with Gasteiger partial charge < -0.3 is 20.3 Å². The summed E-state index contributed by atoms with van der Waals surface area (Å²) in [6, 6.07) is 8.69. The molecular formula is C23H39N5O. The van der Waals surface area contributed by atoms with Crippen molar-refractivity contribution in [1.82, 2.24) is 20.4 Å². The molecule has 1 aromatic rings. The largest absolute Gasteiger partial charge is 0.379 e. The van der Waals surface area contributed by atoms with E-state index in [9.17, 15) is 0 Å². The Bertz CT molecular complexity index is 629. The highest BCUT2D eigenvalue weighted by Gasteiger charge is 2.16. The average molecular weight is 402 g/mol. The highest BCUT2D eigenvalue weighted by atomic mass is 16.5. The maximum absolute atomic E-state index is 5.48. The number of piperidine rings is 1. The van der Waals surface area contributed by atoms with Gasteiger partial charge in [-0.25, -0.2) is 4.99 Å². The summed E-state index contributed by atoms with van der Waals surface area (Å²) in [7, 11) is 0. The molecule has 0 bridgehead atoms. The van der Waals surface area contributed by atoms with E-state index in [-0.39, 0.29) is 0 Å². The topological polar surface area (TPSA) is 52.1 Å². The second-order valence-corrected chi connectivity index (χ2v) is 8.33. The molecule has 0 aliphatic carbocycles. The van der Waals surface area contributed by atoms with Crippen LogP contribution in [0.15, 0.2) is 29.3 Å². The molecule has 1 atom stereocenters. The van der Waals surface area contributed by atoms with Crippen molar-refractivity contribution in [1.29, 1.82) is 0 Å². The number of nitrogens with one attached hydrogen (secondary N) is 2. The van der Waals surface area contributed by atoms with E-state index in [4.69, 9.17) is 9.73 Å². The fraction of sp³-hybridized carbons (Fsp3) is 0.696. The number of benzene rings is 1. The van der Waals surface area contributed by atoms with E-state index in [1.807, 2.05) is 0 Å². The fourth-order valence-electron chi connectivity index (χ4n) is 4.19. The molecule has 2 aliphatic heterocycles. The second-order valence-electron chi connectivity index (χ2n) is 8.33. The zero-order chi connectivity index (χ0) is 20.3. The number of nitrogens with zero attached hydrogens (tertiary/aromatic N) is 3. The van der Waals surface area contributed by atoms with Crippen molar-refractivity contribution in [3.8, 4) is 0 Å². The maximum atomic E-state index is 5.48. The van der Waals surface area contributed by atoms with E-state index < -0.39 is 0 Å². The molecule has 0 aromatic heterocycles. The Morgan fingerprint density at radius 3 is 2.66 bits per heavy atom. The smallest absolute Gasteiger partial charge is 0.191 e. The molecule has 0 saturated carbocycles. The van der Waals surface area contributed by atoms with E-state index in [2.05, 4.69) is 58.5 Å². The molecule has 1 unspecified atom stereocenters. The Morgan fingerprint density at radius 2 is 1.90 bits per heavy atom. The predicted octanol–water partition coefficient (Wildman–Crippen LogP) is 2.31. The first-order chi connectivity index (χ1) is 14.2. The number of aliphatic imine (C=N–C) groups is 1. The number of hydrogen-bond donors (Lipinski definition) is 2. The summed E-state index contributed by atoms with van der Waals surface area (Å²) in [6.45, 7) is 15.2. The first-order valence-electron chi connectivity index (χ1n) is 11.4. The number of ether oxygens (including phenoxy) is 1. The SMILES string of the molecule is CCNC(=NCc1ccccc1CN1CCOCC1)NCCN1CCCC(C)C1. The molecule has 6 heteroatoms. The second kappa shape index (κ2) is 12.2. The molecule has 2 N–H and O–H groups in total. The lowest BCUT2D eigenvalue weighted by molar-refractivity contribution is 0.0341. The molecule has 6 nitrogen and oxygen atoms in total. The standard InChI is InChI=1S/C23H39N5O/c1-3-24-23(25-10-12-27-11-6-7-20(2)18-27)26-17-21-8-4-5-9-22(21)19-28-13-15-29-16-14-28/h4-5,8-9,20H,3,6-7,10-19H2,1-2H3,(H2,24,25,26). The van der Waals surface area contributed by atoms with Crippen molar-refractivity contribution in [2.45, 2.75) is 39.8 Å². The Labute approximate surface area is 176 Å². The lowest BCUT2D eigenvalue weighted by Crippen LogP contribution is -2.43. The highest BCUT2D eigenvalue weighted by Crippen LogP contribution is 2.15. The van der Waals surface area contributed by atoms with Crippen LogP contribution < -0.4 is 10.6 Å². The van der Waals surface area contributed by atoms with Crippen LogP contribution in [0.5, 0.6) is 0 Å². The van der Waals surface area contributed by atoms with Gasteiger partial charge in [0.1, 0.15) is 0 Å². The number of morpholine rings is 1. The summed E-state index contributed by atoms with van der Waals surface area (Å²) in [5.41, 5.74) is 2.68. The van der Waals surface area contributed by atoms with Gasteiger partial charge in [-0.15, -0.1) is 0 Å². The van der Waals surface area contributed by atoms with Crippen molar-refractivity contribution in [3.05, 3.63) is 35.4 Å². The van der Waals surface area contributed by atoms with Crippen molar-refractivity contribution >= 4 is 5.96 Å². The first kappa shape index (κ1) is 22.1. The van der Waals surface area contributed by atoms with Gasteiger partial charge >= 0.3 is 0 Å². The molecular weight excluding hydrogens is 362 g/mol. The van der Waals surface area contributed by atoms with Crippen molar-refractivity contribution < 1.29 is 4.74 Å². The molecule has 2 aliphatic rings. The van der Waals surface area contributed by atoms with Crippen LogP contribution >= 0.6 is 0 Å². The molecule has 2 saturated heterocycles. The summed E-state index contributed by atoms with van der Waals surface area (Å²) in [4.78, 5) is 9.91. The van der Waals surface area contributed by atoms with Crippen molar-refractivity contribution in [3.63, 3.8) is 0 Å². The van der Waals surface area contributed by atoms with Crippen LogP contribution in [-0.2, 0) is 17.8 Å². The number of hydrogen-bond acceptors (Lipinski definition) is 4. The van der Waals surface area contributed by atoms with Gasteiger partial charge in [-0.05, 0) is 43.4 Å². The van der Waals surface area contributed by atoms with Crippen molar-refractivity contribution in [2.24, 2.45) is 10.9 Å². The monoisotopic (exact) mass is 401 g/mol. The van der Waals surface area contributed by atoms with E-state index in [0.29, 0.717) is 6.54 Å². The molecule has 1 aromatic carbocycles. The average Bonchev–Trinajstić information content (AvgIpc) is 2.74. The zero-order valence-electron chi connectivity index (χ0n) is 18.3. The van der Waals surface area contributed by atoms with Crippen LogP contribution in [0.25, 0.3) is 0 Å². The molecule has 3 rings (SSSR count). The quantitative estimate of drug-likeness (QED) is 0.517. The van der Waals surface area contributed by atoms with Gasteiger partial charge in [-0.3, -0.25) is 4.90 Å². The number of guanidine groups is 1. The predicted molar refractivity (Wildman–Crippen MR) is 120 cm³/mol. The van der Waals surface area contributed by atoms with Gasteiger partial charge in [-0.2, -0.15) is 0 Å². The van der Waals surface area contributed by atoms with E-state index in [0.717, 1.165) is 64.4 Å². The minimum Gasteiger partial charge on any atom is -0.379 e. The van der Waals surface area contributed by atoms with Gasteiger partial charge in [-0.1, -0.05) is 31.2 Å². The van der Waals surface area contributed by atoms with Crippen LogP contribution in [0.4, 0.5) is 0 Å². The summed E-state index contributed by atoms with van der Waals surface area (Å²) >= 11 is 0. The molecule has 0 radical (unpaired) electrons. The van der Waals surface area contributed by atoms with Crippen LogP contribution in [0, 0.1) is 5.92 Å². The first-order valence-corrected chi connectivity index (χ1v) is 11.4. The summed E-state index contributed by atoms with van der Waals surface area (Å²) < 4.78 is 5.48. The number of likely N-dealkylation sites (tertiary alicyclic amines) is 1. The minimum atomic E-state index is 0.705. The third kappa shape index (κ3) is 7.61. The van der Waals surface area contributed by atoms with Gasteiger partial charge in [0.25, 0.3) is 0 Å². The fourth-order valence-corrected chi connectivity index (χ4v) is 4.19. The van der Waals surface area contributed by atoms with Gasteiger partial charge in [0.2, 0.25) is 0 Å². The molecule has 0 spiro atoms. The lowest BCUT2D eigenvalue weighted by atomic mass is 10.0. The van der Waals surface area contributed by atoms with E-state index in [1.54, 1.807) is 0 Å². The molecule has 162 valence electrons. The molecule has 2 fully saturated rings. The van der Waals surface area contributed by atoms with E-state index >= 15 is 0 Å². The molecule has 29 heavy (non-hydrogen) atoms. The molecule has 0 amide bonds. The third-order valence-electron chi connectivity index (χ3n) is 5.83. The van der Waals surface area contributed by atoms with E-state index in [1.165, 1.54) is 37.1 Å². The lowest BCUT2D eigenvalue weighted by Gasteiger charge is -2.30. The summed E-state index contributed by atoms with van der Waals surface area (Å²) in [5.74, 6) is 1.74. The Kier molecular flexibility index (Phi) is 9.25. The van der Waals surface area contributed by atoms with Gasteiger partial charge in [0.15, 0.2) is 5.96 Å². The van der Waals surface area contributed by atoms with Crippen LogP contribution in [0.2, 0.25) is 0 Å². The van der Waals surface area contributed by atoms with Crippen LogP contribution in [0.1, 0.15) is 37.8 Å². The highest BCUT2D eigenvalue weighted by molar-refractivity contribution is 5.79. The normalized spacial score (nSPS) is 21.9. The minimum absolute atomic E-state index is 0.705. The third-order valence-corrected chi connectivity index (χ3v) is 5.83. The Balaban J connectivity index is 1.52. The molecule has 2 heterocycles. The Hall–Kier alpha value is -1.63. The summed E-state index contributed by atoms with van der Waals surface area (Å²) in [6.07, 6.45) is 2.70.